The van der Waals surface area contributed by atoms with Crippen LogP contribution in [0.2, 0.25) is 5.02 Å². The Morgan fingerprint density at radius 3 is 2.62 bits per heavy atom. The Labute approximate surface area is 227 Å². The number of para-hydroxylation sites is 1. The van der Waals surface area contributed by atoms with E-state index in [0.29, 0.717) is 27.8 Å². The summed E-state index contributed by atoms with van der Waals surface area (Å²) in [6.45, 7) is 0. The molecule has 0 bridgehead atoms. The van der Waals surface area contributed by atoms with E-state index in [1.165, 1.54) is 37.7 Å². The molecular weight excluding hydrogens is 544 g/mol. The van der Waals surface area contributed by atoms with Crippen LogP contribution in [0.15, 0.2) is 70.2 Å². The number of aromatic nitrogens is 7. The second kappa shape index (κ2) is 10.4. The number of methoxy groups -OCH3 is 1. The highest BCUT2D eigenvalue weighted by Gasteiger charge is 2.21. The first kappa shape index (κ1) is 25.7. The molecule has 5 rings (SSSR count). The summed E-state index contributed by atoms with van der Waals surface area (Å²) in [6, 6.07) is 15.2. The average molecular weight is 561 g/mol. The van der Waals surface area contributed by atoms with Crippen molar-refractivity contribution in [1.82, 2.24) is 34.9 Å². The third-order valence-corrected chi connectivity index (χ3v) is 6.83. The molecule has 0 fully saturated rings. The van der Waals surface area contributed by atoms with Crippen LogP contribution in [-0.4, -0.2) is 56.7 Å². The van der Waals surface area contributed by atoms with Gasteiger partial charge in [-0.25, -0.2) is 13.4 Å². The van der Waals surface area contributed by atoms with Gasteiger partial charge in [-0.3, -0.25) is 9.55 Å². The molecular formula is C25H17ClN8O4S. The van der Waals surface area contributed by atoms with Crippen LogP contribution in [0.5, 0.6) is 5.88 Å². The molecule has 0 saturated heterocycles. The number of rotatable bonds is 7. The summed E-state index contributed by atoms with van der Waals surface area (Å²) in [6.07, 6.45) is 5.29. The third-order valence-electron chi connectivity index (χ3n) is 5.42. The maximum absolute atomic E-state index is 11.9. The molecule has 0 aliphatic rings. The SMILES string of the molecule is COc1cc(-c2nnc(/C(C#N)=C\c3nnc(-c4ccc(S(C)(=O)=O)cn4)n3-c3ccccc3Cl)o2)ccn1. The molecule has 0 unspecified atom stereocenters. The minimum Gasteiger partial charge on any atom is -0.481 e. The van der Waals surface area contributed by atoms with E-state index >= 15 is 0 Å². The minimum atomic E-state index is -3.44. The van der Waals surface area contributed by atoms with Gasteiger partial charge in [-0.05, 0) is 30.3 Å². The highest BCUT2D eigenvalue weighted by Crippen LogP contribution is 2.30. The largest absolute Gasteiger partial charge is 0.481 e. The van der Waals surface area contributed by atoms with Crippen LogP contribution in [0.3, 0.4) is 0 Å². The van der Waals surface area contributed by atoms with E-state index in [4.69, 9.17) is 20.8 Å². The lowest BCUT2D eigenvalue weighted by Gasteiger charge is -2.10. The molecule has 0 saturated carbocycles. The van der Waals surface area contributed by atoms with Crippen molar-refractivity contribution < 1.29 is 17.6 Å². The Balaban J connectivity index is 1.61. The fourth-order valence-electron chi connectivity index (χ4n) is 3.53. The first-order valence-electron chi connectivity index (χ1n) is 11.1. The van der Waals surface area contributed by atoms with Crippen LogP contribution >= 0.6 is 11.6 Å². The number of ether oxygens (including phenoxy) is 1. The molecule has 0 atom stereocenters. The Hall–Kier alpha value is -4.93. The van der Waals surface area contributed by atoms with Crippen molar-refractivity contribution in [3.05, 3.63) is 77.7 Å². The van der Waals surface area contributed by atoms with Crippen molar-refractivity contribution in [2.24, 2.45) is 0 Å². The Kier molecular flexibility index (Phi) is 6.88. The molecule has 0 aliphatic heterocycles. The van der Waals surface area contributed by atoms with Crippen LogP contribution in [0.25, 0.3) is 40.3 Å². The normalized spacial score (nSPS) is 11.8. The Morgan fingerprint density at radius 1 is 1.10 bits per heavy atom. The first-order valence-corrected chi connectivity index (χ1v) is 13.4. The quantitative estimate of drug-likeness (QED) is 0.265. The highest BCUT2D eigenvalue weighted by molar-refractivity contribution is 7.90. The standard InChI is InChI=1S/C25H17ClN8O4S/c1-37-22-12-15(9-10-28-22)24-32-33-25(38-24)16(13-27)11-21-30-31-23(34(21)20-6-4-3-5-18(20)26)19-8-7-17(14-29-19)39(2,35)36/h3-12,14H,1-2H3/b16-11-. The molecule has 5 aromatic rings. The third kappa shape index (κ3) is 5.24. The zero-order chi connectivity index (χ0) is 27.6. The smallest absolute Gasteiger partial charge is 0.258 e. The molecule has 1 aromatic carbocycles. The number of nitriles is 1. The van der Waals surface area contributed by atoms with Crippen molar-refractivity contribution in [2.45, 2.75) is 4.90 Å². The fraction of sp³-hybridized carbons (Fsp3) is 0.0800. The van der Waals surface area contributed by atoms with E-state index in [9.17, 15) is 13.7 Å². The second-order valence-corrected chi connectivity index (χ2v) is 10.4. The van der Waals surface area contributed by atoms with Crippen molar-refractivity contribution in [3.63, 3.8) is 0 Å². The van der Waals surface area contributed by atoms with E-state index in [2.05, 4.69) is 36.4 Å². The van der Waals surface area contributed by atoms with Crippen LogP contribution in [0.1, 0.15) is 11.7 Å². The number of nitrogens with zero attached hydrogens (tertiary/aromatic N) is 8. The highest BCUT2D eigenvalue weighted by atomic mass is 35.5. The van der Waals surface area contributed by atoms with Gasteiger partial charge in [0.25, 0.3) is 5.89 Å². The lowest BCUT2D eigenvalue weighted by atomic mass is 10.2. The van der Waals surface area contributed by atoms with Crippen LogP contribution < -0.4 is 4.74 Å². The molecule has 4 aromatic heterocycles. The maximum atomic E-state index is 11.9. The lowest BCUT2D eigenvalue weighted by molar-refractivity contribution is 0.398. The number of hydrogen-bond acceptors (Lipinski definition) is 11. The predicted molar refractivity (Wildman–Crippen MR) is 140 cm³/mol. The topological polar surface area (TPSA) is 163 Å². The summed E-state index contributed by atoms with van der Waals surface area (Å²) >= 11 is 6.50. The lowest BCUT2D eigenvalue weighted by Crippen LogP contribution is -2.03. The van der Waals surface area contributed by atoms with E-state index in [0.717, 1.165) is 6.26 Å². The van der Waals surface area contributed by atoms with Gasteiger partial charge in [-0.15, -0.1) is 20.4 Å². The van der Waals surface area contributed by atoms with Gasteiger partial charge >= 0.3 is 0 Å². The Bertz CT molecular complexity index is 1860. The fourth-order valence-corrected chi connectivity index (χ4v) is 4.31. The zero-order valence-electron chi connectivity index (χ0n) is 20.3. The molecule has 4 heterocycles. The molecule has 0 radical (unpaired) electrons. The predicted octanol–water partition coefficient (Wildman–Crippen LogP) is 3.90. The van der Waals surface area contributed by atoms with Gasteiger partial charge in [0, 0.05) is 36.4 Å². The molecule has 14 heteroatoms. The molecule has 12 nitrogen and oxygen atoms in total. The number of pyridine rings is 2. The Morgan fingerprint density at radius 2 is 1.92 bits per heavy atom. The number of allylic oxidation sites excluding steroid dienone is 1. The van der Waals surface area contributed by atoms with E-state index in [1.807, 2.05) is 0 Å². The van der Waals surface area contributed by atoms with Crippen LogP contribution in [-0.2, 0) is 9.84 Å². The number of benzene rings is 1. The van der Waals surface area contributed by atoms with E-state index in [-0.39, 0.29) is 33.9 Å². The summed E-state index contributed by atoms with van der Waals surface area (Å²) in [5.41, 5.74) is 1.41. The molecule has 0 aliphatic carbocycles. The van der Waals surface area contributed by atoms with Crippen molar-refractivity contribution in [2.75, 3.05) is 13.4 Å². The van der Waals surface area contributed by atoms with Crippen molar-refractivity contribution in [1.29, 1.82) is 5.26 Å². The molecule has 194 valence electrons. The number of hydrogen-bond donors (Lipinski definition) is 0. The van der Waals surface area contributed by atoms with E-state index < -0.39 is 9.84 Å². The van der Waals surface area contributed by atoms with Gasteiger partial charge in [-0.1, -0.05) is 23.7 Å². The second-order valence-electron chi connectivity index (χ2n) is 7.99. The first-order chi connectivity index (χ1) is 18.8. The summed E-state index contributed by atoms with van der Waals surface area (Å²) in [5.74, 6) is 0.960. The van der Waals surface area contributed by atoms with Gasteiger partial charge in [0.2, 0.25) is 11.8 Å². The van der Waals surface area contributed by atoms with Gasteiger partial charge in [0.1, 0.15) is 17.3 Å². The van der Waals surface area contributed by atoms with Gasteiger partial charge in [0.05, 0.1) is 22.7 Å². The van der Waals surface area contributed by atoms with Gasteiger partial charge in [0.15, 0.2) is 21.5 Å². The molecule has 39 heavy (non-hydrogen) atoms. The summed E-state index contributed by atoms with van der Waals surface area (Å²) in [5, 5.41) is 26.8. The van der Waals surface area contributed by atoms with Crippen molar-refractivity contribution in [3.8, 4) is 40.6 Å². The number of sulfone groups is 1. The molecule has 0 N–H and O–H groups in total. The molecule has 0 spiro atoms. The summed E-state index contributed by atoms with van der Waals surface area (Å²) in [7, 11) is -1.96. The average Bonchev–Trinajstić information content (AvgIpc) is 3.59. The van der Waals surface area contributed by atoms with Crippen molar-refractivity contribution >= 4 is 33.1 Å². The van der Waals surface area contributed by atoms with Crippen LogP contribution in [0.4, 0.5) is 0 Å². The monoisotopic (exact) mass is 560 g/mol. The minimum absolute atomic E-state index is 0.0161. The van der Waals surface area contributed by atoms with Crippen LogP contribution in [0, 0.1) is 11.3 Å². The zero-order valence-corrected chi connectivity index (χ0v) is 21.9. The van der Waals surface area contributed by atoms with Gasteiger partial charge < -0.3 is 9.15 Å². The maximum Gasteiger partial charge on any atom is 0.258 e. The number of halogens is 1. The summed E-state index contributed by atoms with van der Waals surface area (Å²) < 4.78 is 36.2. The van der Waals surface area contributed by atoms with E-state index in [1.54, 1.807) is 41.0 Å². The van der Waals surface area contributed by atoms with Gasteiger partial charge in [-0.2, -0.15) is 5.26 Å². The summed E-state index contributed by atoms with van der Waals surface area (Å²) in [4.78, 5) is 8.37. The molecule has 0 amide bonds.